The van der Waals surface area contributed by atoms with Gasteiger partial charge in [0.15, 0.2) is 5.82 Å². The number of aryl methyl sites for hydroxylation is 1. The van der Waals surface area contributed by atoms with E-state index in [1.807, 2.05) is 20.8 Å². The van der Waals surface area contributed by atoms with Crippen molar-refractivity contribution >= 4 is 10.0 Å². The van der Waals surface area contributed by atoms with Crippen molar-refractivity contribution in [2.75, 3.05) is 7.11 Å². The maximum atomic E-state index is 12.6. The molecule has 0 aliphatic heterocycles. The number of aromatic nitrogens is 2. The van der Waals surface area contributed by atoms with Crippen molar-refractivity contribution in [2.45, 2.75) is 38.1 Å². The fraction of sp³-hybridized carbons (Fsp3) is 0.467. The van der Waals surface area contributed by atoms with Crippen molar-refractivity contribution in [3.63, 3.8) is 0 Å². The Bertz CT molecular complexity index is 738. The monoisotopic (exact) mass is 339 g/mol. The quantitative estimate of drug-likeness (QED) is 0.832. The minimum atomic E-state index is -3.71. The molecule has 23 heavy (non-hydrogen) atoms. The molecule has 1 N–H and O–H groups in total. The average molecular weight is 339 g/mol. The Kier molecular flexibility index (Phi) is 5.38. The maximum Gasteiger partial charge on any atom is 0.245 e. The Morgan fingerprint density at radius 2 is 1.91 bits per heavy atom. The van der Waals surface area contributed by atoms with Crippen molar-refractivity contribution in [2.24, 2.45) is 5.92 Å². The standard InChI is InChI=1S/C15H21N3O4S/c1-5-13-16-15(22-17-13)14(10(2)3)18-23(19,20)12-8-6-11(21-4)7-9-12/h6-10,14,18H,5H2,1-4H3. The van der Waals surface area contributed by atoms with Crippen molar-refractivity contribution in [1.29, 1.82) is 0 Å². The van der Waals surface area contributed by atoms with Gasteiger partial charge >= 0.3 is 0 Å². The van der Waals surface area contributed by atoms with Gasteiger partial charge in [0, 0.05) is 6.42 Å². The summed E-state index contributed by atoms with van der Waals surface area (Å²) in [4.78, 5) is 4.38. The lowest BCUT2D eigenvalue weighted by Crippen LogP contribution is -2.32. The number of nitrogens with zero attached hydrogens (tertiary/aromatic N) is 2. The number of sulfonamides is 1. The van der Waals surface area contributed by atoms with Gasteiger partial charge in [0.2, 0.25) is 15.9 Å². The number of hydrogen-bond acceptors (Lipinski definition) is 6. The molecule has 126 valence electrons. The van der Waals surface area contributed by atoms with Crippen LogP contribution in [0.5, 0.6) is 5.75 Å². The minimum Gasteiger partial charge on any atom is -0.497 e. The second-order valence-electron chi connectivity index (χ2n) is 5.42. The Morgan fingerprint density at radius 3 is 2.39 bits per heavy atom. The first-order chi connectivity index (χ1) is 10.9. The summed E-state index contributed by atoms with van der Waals surface area (Å²) >= 11 is 0. The van der Waals surface area contributed by atoms with Gasteiger partial charge in [0.05, 0.1) is 12.0 Å². The van der Waals surface area contributed by atoms with E-state index in [9.17, 15) is 8.42 Å². The van der Waals surface area contributed by atoms with Gasteiger partial charge in [-0.05, 0) is 30.2 Å². The molecule has 0 aliphatic carbocycles. The van der Waals surface area contributed by atoms with Crippen LogP contribution in [0, 0.1) is 5.92 Å². The van der Waals surface area contributed by atoms with E-state index < -0.39 is 16.1 Å². The molecule has 2 aromatic rings. The maximum absolute atomic E-state index is 12.6. The fourth-order valence-electron chi connectivity index (χ4n) is 2.00. The molecule has 8 heteroatoms. The second kappa shape index (κ2) is 7.10. The summed E-state index contributed by atoms with van der Waals surface area (Å²) in [7, 11) is -2.18. The molecule has 1 heterocycles. The third kappa shape index (κ3) is 4.08. The lowest BCUT2D eigenvalue weighted by molar-refractivity contribution is 0.309. The normalized spacial score (nSPS) is 13.3. The summed E-state index contributed by atoms with van der Waals surface area (Å²) in [6.07, 6.45) is 0.625. The zero-order valence-electron chi connectivity index (χ0n) is 13.6. The highest BCUT2D eigenvalue weighted by Gasteiger charge is 2.28. The van der Waals surface area contributed by atoms with Crippen LogP contribution in [0.2, 0.25) is 0 Å². The molecule has 7 nitrogen and oxygen atoms in total. The van der Waals surface area contributed by atoms with E-state index >= 15 is 0 Å². The highest BCUT2D eigenvalue weighted by molar-refractivity contribution is 7.89. The van der Waals surface area contributed by atoms with Crippen molar-refractivity contribution in [3.8, 4) is 5.75 Å². The number of rotatable bonds is 7. The third-order valence-electron chi connectivity index (χ3n) is 3.38. The van der Waals surface area contributed by atoms with Gasteiger partial charge in [-0.3, -0.25) is 0 Å². The molecule has 0 spiro atoms. The van der Waals surface area contributed by atoms with E-state index in [0.29, 0.717) is 18.0 Å². The molecule has 1 unspecified atom stereocenters. The lowest BCUT2D eigenvalue weighted by Gasteiger charge is -2.18. The third-order valence-corrected chi connectivity index (χ3v) is 4.84. The van der Waals surface area contributed by atoms with Gasteiger partial charge in [0.1, 0.15) is 11.8 Å². The molecule has 0 saturated heterocycles. The number of hydrogen-bond donors (Lipinski definition) is 1. The smallest absolute Gasteiger partial charge is 0.245 e. The summed E-state index contributed by atoms with van der Waals surface area (Å²) in [5.41, 5.74) is 0. The van der Waals surface area contributed by atoms with E-state index in [4.69, 9.17) is 9.26 Å². The summed E-state index contributed by atoms with van der Waals surface area (Å²) < 4.78 is 38.0. The summed E-state index contributed by atoms with van der Waals surface area (Å²) in [6, 6.07) is 5.59. The number of methoxy groups -OCH3 is 1. The van der Waals surface area contributed by atoms with Crippen molar-refractivity contribution in [3.05, 3.63) is 36.0 Å². The van der Waals surface area contributed by atoms with Crippen LogP contribution in [0.4, 0.5) is 0 Å². The van der Waals surface area contributed by atoms with Gasteiger partial charge in [-0.15, -0.1) is 0 Å². The molecule has 1 aromatic carbocycles. The predicted octanol–water partition coefficient (Wildman–Crippen LogP) is 2.32. The zero-order chi connectivity index (χ0) is 17.0. The molecule has 2 rings (SSSR count). The van der Waals surface area contributed by atoms with Gasteiger partial charge in [-0.25, -0.2) is 8.42 Å². The van der Waals surface area contributed by atoms with Gasteiger partial charge in [-0.2, -0.15) is 9.71 Å². The van der Waals surface area contributed by atoms with Crippen LogP contribution in [-0.2, 0) is 16.4 Å². The number of nitrogens with one attached hydrogen (secondary N) is 1. The van der Waals surface area contributed by atoms with E-state index in [1.165, 1.54) is 19.2 Å². The highest BCUT2D eigenvalue weighted by Crippen LogP contribution is 2.24. The van der Waals surface area contributed by atoms with E-state index in [0.717, 1.165) is 0 Å². The number of benzene rings is 1. The van der Waals surface area contributed by atoms with Crippen LogP contribution in [0.1, 0.15) is 38.5 Å². The molecule has 0 saturated carbocycles. The zero-order valence-corrected chi connectivity index (χ0v) is 14.4. The van der Waals surface area contributed by atoms with Crippen molar-refractivity contribution in [1.82, 2.24) is 14.9 Å². The highest BCUT2D eigenvalue weighted by atomic mass is 32.2. The molecule has 0 amide bonds. The van der Waals surface area contributed by atoms with Gasteiger partial charge < -0.3 is 9.26 Å². The molecule has 1 aromatic heterocycles. The minimum absolute atomic E-state index is 0.0480. The summed E-state index contributed by atoms with van der Waals surface area (Å²) in [5.74, 6) is 1.37. The fourth-order valence-corrected chi connectivity index (χ4v) is 3.34. The van der Waals surface area contributed by atoms with Crippen LogP contribution in [-0.4, -0.2) is 25.7 Å². The molecule has 0 radical (unpaired) electrons. The topological polar surface area (TPSA) is 94.3 Å². The van der Waals surface area contributed by atoms with Crippen LogP contribution in [0.25, 0.3) is 0 Å². The average Bonchev–Trinajstić information content (AvgIpc) is 3.01. The van der Waals surface area contributed by atoms with Gasteiger partial charge in [0.25, 0.3) is 0 Å². The van der Waals surface area contributed by atoms with E-state index in [-0.39, 0.29) is 16.7 Å². The SMILES string of the molecule is CCc1noc(C(NS(=O)(=O)c2ccc(OC)cc2)C(C)C)n1. The first-order valence-corrected chi connectivity index (χ1v) is 8.84. The largest absolute Gasteiger partial charge is 0.497 e. The Labute approximate surface area is 136 Å². The molecular formula is C15H21N3O4S. The second-order valence-corrected chi connectivity index (χ2v) is 7.13. The lowest BCUT2D eigenvalue weighted by atomic mass is 10.1. The van der Waals surface area contributed by atoms with Crippen LogP contribution in [0.15, 0.2) is 33.7 Å². The predicted molar refractivity (Wildman–Crippen MR) is 84.6 cm³/mol. The summed E-state index contributed by atoms with van der Waals surface area (Å²) in [5, 5.41) is 3.83. The first-order valence-electron chi connectivity index (χ1n) is 7.36. The first kappa shape index (κ1) is 17.4. The molecule has 0 fully saturated rings. The molecular weight excluding hydrogens is 318 g/mol. The van der Waals surface area contributed by atoms with Crippen LogP contribution < -0.4 is 9.46 Å². The Hall–Kier alpha value is -1.93. The van der Waals surface area contributed by atoms with Crippen molar-refractivity contribution < 1.29 is 17.7 Å². The molecule has 0 aliphatic rings. The Morgan fingerprint density at radius 1 is 1.26 bits per heavy atom. The number of ether oxygens (including phenoxy) is 1. The molecule has 1 atom stereocenters. The van der Waals surface area contributed by atoms with E-state index in [2.05, 4.69) is 14.9 Å². The molecule has 0 bridgehead atoms. The van der Waals surface area contributed by atoms with E-state index in [1.54, 1.807) is 12.1 Å². The van der Waals surface area contributed by atoms with Crippen LogP contribution >= 0.6 is 0 Å². The van der Waals surface area contributed by atoms with Crippen LogP contribution in [0.3, 0.4) is 0 Å². The summed E-state index contributed by atoms with van der Waals surface area (Å²) in [6.45, 7) is 5.68. The Balaban J connectivity index is 2.27. The van der Waals surface area contributed by atoms with Gasteiger partial charge in [-0.1, -0.05) is 25.9 Å².